The van der Waals surface area contributed by atoms with Crippen LogP contribution in [0.5, 0.6) is 0 Å². The third-order valence-electron chi connectivity index (χ3n) is 12.8. The third kappa shape index (κ3) is 6.29. The van der Waals surface area contributed by atoms with Gasteiger partial charge >= 0.3 is 0 Å². The number of rotatable bonds is 11. The van der Waals surface area contributed by atoms with Crippen molar-refractivity contribution < 1.29 is 24.9 Å². The smallest absolute Gasteiger partial charge is 0.242 e. The van der Waals surface area contributed by atoms with Gasteiger partial charge in [-0.3, -0.25) is 9.59 Å². The highest BCUT2D eigenvalue weighted by atomic mass is 16.3. The highest BCUT2D eigenvalue weighted by Crippen LogP contribution is 2.68. The summed E-state index contributed by atoms with van der Waals surface area (Å²) in [6, 6.07) is -0.716. The maximum Gasteiger partial charge on any atom is 0.242 e. The quantitative estimate of drug-likeness (QED) is 0.0811. The molecule has 0 radical (unpaired) electrons. The van der Waals surface area contributed by atoms with Crippen LogP contribution in [0.3, 0.4) is 0 Å². The second-order valence-corrected chi connectivity index (χ2v) is 15.2. The van der Waals surface area contributed by atoms with Gasteiger partial charge in [0.2, 0.25) is 11.8 Å². The third-order valence-corrected chi connectivity index (χ3v) is 12.8. The lowest BCUT2D eigenvalue weighted by Crippen LogP contribution is -2.64. The van der Waals surface area contributed by atoms with Crippen LogP contribution in [0.15, 0.2) is 5.11 Å². The Morgan fingerprint density at radius 2 is 1.67 bits per heavy atom. The first-order chi connectivity index (χ1) is 20.3. The van der Waals surface area contributed by atoms with Gasteiger partial charge in [-0.2, -0.15) is 0 Å². The molecule has 12 heteroatoms. The van der Waals surface area contributed by atoms with Crippen LogP contribution in [-0.4, -0.2) is 63.8 Å². The van der Waals surface area contributed by atoms with Gasteiger partial charge in [-0.15, -0.1) is 0 Å². The van der Waals surface area contributed by atoms with Gasteiger partial charge in [-0.25, -0.2) is 10.9 Å². The molecule has 4 aliphatic carbocycles. The maximum absolute atomic E-state index is 13.1. The van der Waals surface area contributed by atoms with Gasteiger partial charge in [0.25, 0.3) is 0 Å². The number of amides is 2. The maximum atomic E-state index is 13.1. The number of fused-ring (bicyclic) bond motifs is 5. The molecule has 0 aromatic carbocycles. The number of carbonyl (C=O) groups excluding carboxylic acids is 2. The number of aliphatic hydroxyl groups is 3. The summed E-state index contributed by atoms with van der Waals surface area (Å²) in [5.74, 6) is 0.881. The van der Waals surface area contributed by atoms with Crippen molar-refractivity contribution in [2.45, 2.75) is 128 Å². The van der Waals surface area contributed by atoms with Crippen LogP contribution in [0, 0.1) is 46.3 Å². The minimum absolute atomic E-state index is 0.0402. The Morgan fingerprint density at radius 3 is 2.37 bits per heavy atom. The van der Waals surface area contributed by atoms with Gasteiger partial charge < -0.3 is 26.0 Å². The molecule has 1 heterocycles. The molecule has 0 aromatic rings. The molecule has 242 valence electrons. The zero-order valence-corrected chi connectivity index (χ0v) is 26.3. The van der Waals surface area contributed by atoms with E-state index in [2.05, 4.69) is 52.3 Å². The van der Waals surface area contributed by atoms with Crippen molar-refractivity contribution in [3.05, 3.63) is 10.4 Å². The number of nitrogens with zero attached hydrogens (tertiary/aromatic N) is 3. The molecule has 5 fully saturated rings. The Labute approximate surface area is 255 Å². The SMILES string of the molecule is CC(CCC(=O)NC(CCC1(C)NN1)C(=O)NCN=[N+]=[N-])C1CCC2C3C(O)C(O)C4CC(O)CCC4(C)C3CCC12C. The van der Waals surface area contributed by atoms with E-state index in [9.17, 15) is 24.9 Å². The lowest BCUT2D eigenvalue weighted by Gasteiger charge is -2.63. The lowest BCUT2D eigenvalue weighted by atomic mass is 9.43. The van der Waals surface area contributed by atoms with Gasteiger partial charge in [-0.05, 0) is 123 Å². The van der Waals surface area contributed by atoms with Crippen LogP contribution in [0.2, 0.25) is 0 Å². The molecule has 2 amide bonds. The number of hydrogen-bond donors (Lipinski definition) is 7. The fourth-order valence-corrected chi connectivity index (χ4v) is 10.2. The zero-order chi connectivity index (χ0) is 31.2. The fourth-order valence-electron chi connectivity index (χ4n) is 10.2. The van der Waals surface area contributed by atoms with Crippen LogP contribution in [0.25, 0.3) is 10.4 Å². The van der Waals surface area contributed by atoms with Gasteiger partial charge in [0, 0.05) is 11.3 Å². The van der Waals surface area contributed by atoms with Crippen molar-refractivity contribution in [3.8, 4) is 0 Å². The summed E-state index contributed by atoms with van der Waals surface area (Å²) >= 11 is 0. The number of hydrogen-bond acceptors (Lipinski definition) is 8. The fraction of sp³-hybridized carbons (Fsp3) is 0.935. The van der Waals surface area contributed by atoms with Crippen LogP contribution >= 0.6 is 0 Å². The minimum Gasteiger partial charge on any atom is -0.393 e. The van der Waals surface area contributed by atoms with Crippen molar-refractivity contribution >= 4 is 11.8 Å². The van der Waals surface area contributed by atoms with Crippen molar-refractivity contribution in [3.63, 3.8) is 0 Å². The molecule has 4 saturated carbocycles. The monoisotopic (exact) mass is 603 g/mol. The molecule has 0 bridgehead atoms. The van der Waals surface area contributed by atoms with Crippen LogP contribution < -0.4 is 21.5 Å². The van der Waals surface area contributed by atoms with Crippen molar-refractivity contribution in [2.75, 3.05) is 6.67 Å². The molecule has 0 spiro atoms. The van der Waals surface area contributed by atoms with Crippen molar-refractivity contribution in [1.29, 1.82) is 0 Å². The normalized spacial score (nSPS) is 42.3. The van der Waals surface area contributed by atoms with Crippen molar-refractivity contribution in [2.24, 2.45) is 51.5 Å². The number of aliphatic hydroxyl groups excluding tert-OH is 3. The minimum atomic E-state index is -0.797. The van der Waals surface area contributed by atoms with E-state index in [0.29, 0.717) is 55.8 Å². The van der Waals surface area contributed by atoms with E-state index in [-0.39, 0.29) is 46.8 Å². The molecule has 5 aliphatic rings. The van der Waals surface area contributed by atoms with Gasteiger partial charge in [0.1, 0.15) is 6.04 Å². The summed E-state index contributed by atoms with van der Waals surface area (Å²) in [6.45, 7) is 8.74. The topological polar surface area (TPSA) is 212 Å². The van der Waals surface area contributed by atoms with Crippen LogP contribution in [0.4, 0.5) is 0 Å². The largest absolute Gasteiger partial charge is 0.393 e. The number of azide groups is 1. The van der Waals surface area contributed by atoms with Crippen LogP contribution in [-0.2, 0) is 9.59 Å². The Kier molecular flexibility index (Phi) is 9.39. The van der Waals surface area contributed by atoms with E-state index in [1.54, 1.807) is 0 Å². The Bertz CT molecular complexity index is 1100. The molecule has 1 aliphatic heterocycles. The average Bonchev–Trinajstić information content (AvgIpc) is 3.60. The molecule has 1 saturated heterocycles. The molecule has 0 aromatic heterocycles. The van der Waals surface area contributed by atoms with Gasteiger partial charge in [-0.1, -0.05) is 25.9 Å². The molecular formula is C31H53N7O5. The second-order valence-electron chi connectivity index (χ2n) is 15.2. The lowest BCUT2D eigenvalue weighted by molar-refractivity contribution is -0.223. The average molecular weight is 604 g/mol. The second kappa shape index (κ2) is 12.4. The molecule has 43 heavy (non-hydrogen) atoms. The van der Waals surface area contributed by atoms with E-state index < -0.39 is 24.4 Å². The highest BCUT2D eigenvalue weighted by molar-refractivity contribution is 5.87. The Morgan fingerprint density at radius 1 is 0.977 bits per heavy atom. The first-order valence-corrected chi connectivity index (χ1v) is 16.5. The summed E-state index contributed by atoms with van der Waals surface area (Å²) in [4.78, 5) is 28.5. The summed E-state index contributed by atoms with van der Waals surface area (Å²) in [5, 5.41) is 42.1. The Hall–Kier alpha value is -1.95. The molecule has 12 atom stereocenters. The van der Waals surface area contributed by atoms with E-state index >= 15 is 0 Å². The first-order valence-electron chi connectivity index (χ1n) is 16.5. The van der Waals surface area contributed by atoms with Crippen LogP contribution in [0.1, 0.15) is 98.3 Å². The predicted molar refractivity (Wildman–Crippen MR) is 160 cm³/mol. The summed E-state index contributed by atoms with van der Waals surface area (Å²) < 4.78 is 0. The van der Waals surface area contributed by atoms with E-state index in [0.717, 1.165) is 38.5 Å². The molecule has 12 unspecified atom stereocenters. The molecular weight excluding hydrogens is 550 g/mol. The van der Waals surface area contributed by atoms with E-state index in [1.807, 2.05) is 6.92 Å². The van der Waals surface area contributed by atoms with Gasteiger partial charge in [0.05, 0.1) is 30.6 Å². The van der Waals surface area contributed by atoms with E-state index in [1.165, 1.54) is 0 Å². The molecule has 5 rings (SSSR count). The molecule has 12 nitrogen and oxygen atoms in total. The highest BCUT2D eigenvalue weighted by Gasteiger charge is 2.65. The first kappa shape index (κ1) is 32.4. The number of carbonyl (C=O) groups is 2. The zero-order valence-electron chi connectivity index (χ0n) is 26.3. The Balaban J connectivity index is 1.20. The number of nitrogens with one attached hydrogen (secondary N) is 4. The summed E-state index contributed by atoms with van der Waals surface area (Å²) in [7, 11) is 0. The summed E-state index contributed by atoms with van der Waals surface area (Å²) in [5.41, 5.74) is 14.4. The predicted octanol–water partition coefficient (Wildman–Crippen LogP) is 2.84. The van der Waals surface area contributed by atoms with Crippen molar-refractivity contribution in [1.82, 2.24) is 21.5 Å². The number of hydrazine groups is 1. The molecule has 7 N–H and O–H groups in total. The van der Waals surface area contributed by atoms with E-state index in [4.69, 9.17) is 5.53 Å². The van der Waals surface area contributed by atoms with Gasteiger partial charge in [0.15, 0.2) is 0 Å². The summed E-state index contributed by atoms with van der Waals surface area (Å²) in [6.07, 6.45) is 6.62. The standard InChI is InChI=1S/C31H53N7O5/c1-17(5-8-24(40)35-23(11-14-31(4)36-37-31)28(43)33-16-34-38-32)19-6-7-20-25-21(10-13-29(19,20)2)30(3)12-9-18(39)15-22(30)26(41)27(25)42/h17-23,25-27,36-37,39,41-42H,5-16H2,1-4H3,(H,33,43)(H,35,40).